The fourth-order valence-electron chi connectivity index (χ4n) is 5.52. The number of benzene rings is 3. The molecule has 0 aliphatic carbocycles. The molecule has 0 radical (unpaired) electrons. The minimum atomic E-state index is -0.453. The minimum Gasteiger partial charge on any atom is -0.494 e. The molecule has 0 unspecified atom stereocenters. The number of rotatable bonds is 10. The number of piperidine rings is 1. The third kappa shape index (κ3) is 6.44. The average Bonchev–Trinajstić information content (AvgIpc) is 3.67. The Bertz CT molecular complexity index is 1840. The van der Waals surface area contributed by atoms with Gasteiger partial charge in [0.15, 0.2) is 5.88 Å². The number of nitrogens with one attached hydrogen (secondary N) is 2. The Morgan fingerprint density at radius 1 is 1.07 bits per heavy atom. The second-order valence-corrected chi connectivity index (χ2v) is 10.9. The van der Waals surface area contributed by atoms with Gasteiger partial charge in [-0.2, -0.15) is 0 Å². The van der Waals surface area contributed by atoms with Crippen molar-refractivity contribution in [2.75, 3.05) is 13.1 Å². The summed E-state index contributed by atoms with van der Waals surface area (Å²) >= 11 is 0. The van der Waals surface area contributed by atoms with Crippen LogP contribution in [0.5, 0.6) is 5.88 Å². The lowest BCUT2D eigenvalue weighted by Crippen LogP contribution is -2.36. The number of amides is 1. The van der Waals surface area contributed by atoms with E-state index in [1.165, 1.54) is 12.1 Å². The lowest BCUT2D eigenvalue weighted by atomic mass is 9.98. The Hall–Kier alpha value is -5.51. The maximum atomic E-state index is 12.1. The van der Waals surface area contributed by atoms with E-state index >= 15 is 0 Å². The summed E-state index contributed by atoms with van der Waals surface area (Å²) in [6.45, 7) is 1.59. The predicted molar refractivity (Wildman–Crippen MR) is 171 cm³/mol. The first-order chi connectivity index (χ1) is 21.4. The van der Waals surface area contributed by atoms with Crippen LogP contribution in [0.4, 0.5) is 11.4 Å². The topological polar surface area (TPSA) is 141 Å². The van der Waals surface area contributed by atoms with E-state index in [9.17, 15) is 20.0 Å². The molecular weight excluding hydrogens is 556 g/mol. The molecule has 3 N–H and O–H groups in total. The van der Waals surface area contributed by atoms with Crippen LogP contribution in [-0.4, -0.2) is 54.6 Å². The predicted octanol–water partition coefficient (Wildman–Crippen LogP) is 6.79. The highest BCUT2D eigenvalue weighted by atomic mass is 16.6. The summed E-state index contributed by atoms with van der Waals surface area (Å²) in [5, 5.41) is 23.1. The zero-order valence-electron chi connectivity index (χ0n) is 24.1. The quantitative estimate of drug-likeness (QED) is 0.0936. The highest BCUT2D eigenvalue weighted by molar-refractivity contribution is 6.22. The number of non-ortho nitro benzene ring substituents is 1. The summed E-state index contributed by atoms with van der Waals surface area (Å²) in [6, 6.07) is 20.1. The molecule has 3 aromatic carbocycles. The van der Waals surface area contributed by atoms with Crippen molar-refractivity contribution >= 4 is 46.0 Å². The number of hydrogen-bond acceptors (Lipinski definition) is 6. The second-order valence-electron chi connectivity index (χ2n) is 10.9. The van der Waals surface area contributed by atoms with Gasteiger partial charge in [-0.15, -0.1) is 0 Å². The molecule has 2 aromatic heterocycles. The van der Waals surface area contributed by atoms with Gasteiger partial charge in [0.1, 0.15) is 0 Å². The number of aromatic nitrogens is 3. The first-order valence-corrected chi connectivity index (χ1v) is 14.7. The van der Waals surface area contributed by atoms with E-state index in [0.29, 0.717) is 34.3 Å². The van der Waals surface area contributed by atoms with Gasteiger partial charge in [0, 0.05) is 48.1 Å². The molecule has 1 saturated heterocycles. The largest absolute Gasteiger partial charge is 0.494 e. The van der Waals surface area contributed by atoms with Crippen molar-refractivity contribution in [1.82, 2.24) is 19.9 Å². The van der Waals surface area contributed by atoms with Crippen molar-refractivity contribution in [1.29, 1.82) is 0 Å². The van der Waals surface area contributed by atoms with E-state index in [1.807, 2.05) is 65.6 Å². The molecule has 0 spiro atoms. The van der Waals surface area contributed by atoms with Crippen LogP contribution in [0, 0.1) is 10.1 Å². The third-order valence-electron chi connectivity index (χ3n) is 7.86. The lowest BCUT2D eigenvalue weighted by Gasteiger charge is -2.26. The first-order valence-electron chi connectivity index (χ1n) is 14.7. The van der Waals surface area contributed by atoms with Gasteiger partial charge in [-0.3, -0.25) is 14.9 Å². The number of nitrogens with zero attached hydrogens (tertiary/aromatic N) is 4. The van der Waals surface area contributed by atoms with Crippen molar-refractivity contribution in [2.24, 2.45) is 4.99 Å². The number of hydrogen-bond donors (Lipinski definition) is 3. The number of aryl methyl sites for hydroxylation is 1. The minimum absolute atomic E-state index is 0.0759. The monoisotopic (exact) mass is 588 g/mol. The number of aromatic amines is 2. The number of nitro groups is 1. The molecule has 44 heavy (non-hydrogen) atoms. The van der Waals surface area contributed by atoms with Crippen LogP contribution >= 0.6 is 0 Å². The van der Waals surface area contributed by atoms with Crippen molar-refractivity contribution in [3.63, 3.8) is 0 Å². The summed E-state index contributed by atoms with van der Waals surface area (Å²) in [5.74, 6) is 0.127. The molecule has 1 fully saturated rings. The van der Waals surface area contributed by atoms with Gasteiger partial charge in [0.25, 0.3) is 5.69 Å². The van der Waals surface area contributed by atoms with Crippen molar-refractivity contribution in [3.8, 4) is 5.88 Å². The molecule has 0 saturated carbocycles. The highest BCUT2D eigenvalue weighted by Crippen LogP contribution is 2.34. The molecule has 1 aliphatic heterocycles. The average molecular weight is 589 g/mol. The van der Waals surface area contributed by atoms with E-state index in [1.54, 1.807) is 18.6 Å². The molecule has 6 rings (SSSR count). The van der Waals surface area contributed by atoms with Crippen LogP contribution in [0.15, 0.2) is 84.2 Å². The van der Waals surface area contributed by atoms with Crippen molar-refractivity contribution in [3.05, 3.63) is 117 Å². The SMILES string of the molecule is O=C1CCCCN1CCCc1ccc(C(=Nc2ccc(/C=C/c3cnc[nH]3)cc2)c2c(O)[nH]c3ccc([N+](=O)[O-])cc23)cc1. The molecule has 10 nitrogen and oxygen atoms in total. The zero-order chi connectivity index (χ0) is 30.5. The second kappa shape index (κ2) is 12.8. The summed E-state index contributed by atoms with van der Waals surface area (Å²) in [4.78, 5) is 40.2. The summed E-state index contributed by atoms with van der Waals surface area (Å²) in [7, 11) is 0. The van der Waals surface area contributed by atoms with Crippen LogP contribution in [0.2, 0.25) is 0 Å². The number of carbonyl (C=O) groups excluding carboxylic acids is 1. The Morgan fingerprint density at radius 2 is 1.89 bits per heavy atom. The van der Waals surface area contributed by atoms with E-state index in [0.717, 1.165) is 61.2 Å². The highest BCUT2D eigenvalue weighted by Gasteiger charge is 2.21. The van der Waals surface area contributed by atoms with E-state index in [2.05, 4.69) is 15.0 Å². The number of carbonyl (C=O) groups is 1. The van der Waals surface area contributed by atoms with Crippen LogP contribution in [0.25, 0.3) is 23.1 Å². The van der Waals surface area contributed by atoms with Crippen LogP contribution in [-0.2, 0) is 11.2 Å². The Labute approximate surface area is 254 Å². The number of imidazole rings is 1. The van der Waals surface area contributed by atoms with Crippen LogP contribution < -0.4 is 0 Å². The maximum absolute atomic E-state index is 12.1. The number of likely N-dealkylation sites (tertiary alicyclic amines) is 1. The Balaban J connectivity index is 1.31. The lowest BCUT2D eigenvalue weighted by molar-refractivity contribution is -0.384. The zero-order valence-corrected chi connectivity index (χ0v) is 24.1. The standard InChI is InChI=1S/C34H32N6O4/c41-31-5-1-2-18-39(31)19-3-4-23-6-11-25(12-7-23)33(32-29-20-28(40(43)44)16-17-30(29)38-34(32)42)37-26-13-8-24(9-14-26)10-15-27-21-35-22-36-27/h6-17,20-22,38,42H,1-5,18-19H2,(H,35,36)/b15-10+,37-33?. The number of H-pyrrole nitrogens is 2. The van der Waals surface area contributed by atoms with Gasteiger partial charge in [-0.1, -0.05) is 42.5 Å². The van der Waals surface area contributed by atoms with Gasteiger partial charge in [-0.25, -0.2) is 9.98 Å². The van der Waals surface area contributed by atoms with Crippen molar-refractivity contribution < 1.29 is 14.8 Å². The normalized spacial score (nSPS) is 14.1. The Kier molecular flexibility index (Phi) is 8.31. The molecule has 1 amide bonds. The smallest absolute Gasteiger partial charge is 0.270 e. The van der Waals surface area contributed by atoms with Gasteiger partial charge in [-0.05, 0) is 61.1 Å². The number of aromatic hydroxyl groups is 1. The molecular formula is C34H32N6O4. The fraction of sp³-hybridized carbons (Fsp3) is 0.206. The maximum Gasteiger partial charge on any atom is 0.270 e. The molecule has 5 aromatic rings. The van der Waals surface area contributed by atoms with Gasteiger partial charge in [0.2, 0.25) is 5.91 Å². The van der Waals surface area contributed by atoms with E-state index < -0.39 is 4.92 Å². The van der Waals surface area contributed by atoms with Crippen LogP contribution in [0.3, 0.4) is 0 Å². The molecule has 3 heterocycles. The molecule has 0 bridgehead atoms. The van der Waals surface area contributed by atoms with Crippen LogP contribution in [0.1, 0.15) is 53.6 Å². The van der Waals surface area contributed by atoms with E-state index in [4.69, 9.17) is 4.99 Å². The number of aliphatic imine (C=N–C) groups is 1. The van der Waals surface area contributed by atoms with Gasteiger partial charge < -0.3 is 20.0 Å². The Morgan fingerprint density at radius 3 is 2.61 bits per heavy atom. The molecule has 1 aliphatic rings. The summed E-state index contributed by atoms with van der Waals surface area (Å²) < 4.78 is 0. The van der Waals surface area contributed by atoms with Crippen molar-refractivity contribution in [2.45, 2.75) is 32.1 Å². The van der Waals surface area contributed by atoms with E-state index in [-0.39, 0.29) is 17.5 Å². The van der Waals surface area contributed by atoms with Gasteiger partial charge >= 0.3 is 0 Å². The summed E-state index contributed by atoms with van der Waals surface area (Å²) in [5.41, 5.74) is 5.78. The molecule has 222 valence electrons. The summed E-state index contributed by atoms with van der Waals surface area (Å²) in [6.07, 6.45) is 11.6. The molecule has 10 heteroatoms. The van der Waals surface area contributed by atoms with Gasteiger partial charge in [0.05, 0.1) is 40.1 Å². The first kappa shape index (κ1) is 28.6. The molecule has 0 atom stereocenters. The fourth-order valence-corrected chi connectivity index (χ4v) is 5.52. The number of fused-ring (bicyclic) bond motifs is 1. The number of nitro benzene ring substituents is 1. The third-order valence-corrected chi connectivity index (χ3v) is 7.86.